The molecule has 1 fully saturated rings. The minimum atomic E-state index is -1.42. The topological polar surface area (TPSA) is 99.0 Å². The van der Waals surface area contributed by atoms with Crippen molar-refractivity contribution in [3.05, 3.63) is 12.2 Å². The standard InChI is InChI=1S/C17H30FNO5S2/c1-9-6-5-7-10(8-18)25-16-14(22)12(20)13(21)15(24-16)11(9)19-26(23)17(2,3)4/h5-6,9-16,19-22H,7-8H2,1-4H3/b6-5-/t9-,10+,11-,12+,13-,14-,15-,16-,26-/m1/s1. The Morgan fingerprint density at radius 2 is 1.92 bits per heavy atom. The van der Waals surface area contributed by atoms with E-state index < -0.39 is 63.6 Å². The summed E-state index contributed by atoms with van der Waals surface area (Å²) in [6.45, 7) is 6.79. The lowest BCUT2D eigenvalue weighted by molar-refractivity contribution is -0.205. The number of rotatable bonds is 3. The number of hydrogen-bond acceptors (Lipinski definition) is 6. The molecule has 4 N–H and O–H groups in total. The van der Waals surface area contributed by atoms with Crippen LogP contribution in [0.25, 0.3) is 0 Å². The normalized spacial score (nSPS) is 44.3. The van der Waals surface area contributed by atoms with Crippen molar-refractivity contribution in [3.8, 4) is 0 Å². The molecule has 0 unspecified atom stereocenters. The molecule has 26 heavy (non-hydrogen) atoms. The first-order valence-electron chi connectivity index (χ1n) is 8.82. The van der Waals surface area contributed by atoms with Crippen molar-refractivity contribution in [1.29, 1.82) is 0 Å². The number of allylic oxidation sites excluding steroid dienone is 1. The molecule has 1 saturated heterocycles. The van der Waals surface area contributed by atoms with Crippen LogP contribution in [0.15, 0.2) is 12.2 Å². The Balaban J connectivity index is 2.35. The van der Waals surface area contributed by atoms with Crippen molar-refractivity contribution in [1.82, 2.24) is 4.72 Å². The quantitative estimate of drug-likeness (QED) is 0.515. The number of aliphatic hydroxyl groups excluding tert-OH is 3. The average molecular weight is 412 g/mol. The average Bonchev–Trinajstić information content (AvgIpc) is 2.57. The van der Waals surface area contributed by atoms with Crippen molar-refractivity contribution in [2.75, 3.05) is 6.67 Å². The zero-order chi connectivity index (χ0) is 19.6. The van der Waals surface area contributed by atoms with Crippen molar-refractivity contribution >= 4 is 22.7 Å². The summed E-state index contributed by atoms with van der Waals surface area (Å²) < 4.78 is 34.3. The second-order valence-corrected chi connectivity index (χ2v) is 11.3. The van der Waals surface area contributed by atoms with Crippen LogP contribution in [0.3, 0.4) is 0 Å². The van der Waals surface area contributed by atoms with Gasteiger partial charge in [-0.1, -0.05) is 19.1 Å². The molecule has 6 nitrogen and oxygen atoms in total. The van der Waals surface area contributed by atoms with E-state index in [4.69, 9.17) is 4.74 Å². The van der Waals surface area contributed by atoms with Gasteiger partial charge in [0.05, 0.1) is 21.8 Å². The van der Waals surface area contributed by atoms with E-state index in [2.05, 4.69) is 4.72 Å². The van der Waals surface area contributed by atoms with Crippen LogP contribution >= 0.6 is 11.8 Å². The number of aliphatic hydroxyl groups is 3. The smallest absolute Gasteiger partial charge is 0.132 e. The van der Waals surface area contributed by atoms with Gasteiger partial charge in [-0.05, 0) is 33.1 Å². The lowest BCUT2D eigenvalue weighted by atomic mass is 9.88. The van der Waals surface area contributed by atoms with Gasteiger partial charge in [0.2, 0.25) is 0 Å². The summed E-state index contributed by atoms with van der Waals surface area (Å²) in [6, 6.07) is -0.548. The number of halogens is 1. The molecular formula is C17H30FNO5S2. The maximum absolute atomic E-state index is 13.3. The van der Waals surface area contributed by atoms with Gasteiger partial charge < -0.3 is 20.1 Å². The summed E-state index contributed by atoms with van der Waals surface area (Å²) in [5, 5.41) is 30.6. The molecule has 2 bridgehead atoms. The van der Waals surface area contributed by atoms with Crippen molar-refractivity contribution < 1.29 is 28.7 Å². The van der Waals surface area contributed by atoms with Crippen molar-refractivity contribution in [2.24, 2.45) is 5.92 Å². The van der Waals surface area contributed by atoms with Crippen LogP contribution in [0.2, 0.25) is 0 Å². The van der Waals surface area contributed by atoms with Crippen molar-refractivity contribution in [2.45, 2.75) is 80.0 Å². The molecule has 2 aliphatic rings. The van der Waals surface area contributed by atoms with Gasteiger partial charge in [0.25, 0.3) is 0 Å². The first-order valence-corrected chi connectivity index (χ1v) is 10.9. The Kier molecular flexibility index (Phi) is 7.69. The molecule has 152 valence electrons. The van der Waals surface area contributed by atoms with Gasteiger partial charge in [-0.2, -0.15) is 0 Å². The molecule has 0 aromatic rings. The second kappa shape index (κ2) is 8.98. The summed E-state index contributed by atoms with van der Waals surface area (Å²) in [7, 11) is -1.42. The fourth-order valence-corrected chi connectivity index (χ4v) is 5.10. The van der Waals surface area contributed by atoms with E-state index in [1.807, 2.05) is 39.8 Å². The number of ether oxygens (including phenoxy) is 1. The Morgan fingerprint density at radius 1 is 1.27 bits per heavy atom. The predicted octanol–water partition coefficient (Wildman–Crippen LogP) is 0.882. The maximum Gasteiger partial charge on any atom is 0.132 e. The molecule has 2 aliphatic heterocycles. The highest BCUT2D eigenvalue weighted by atomic mass is 32.2. The van der Waals surface area contributed by atoms with Crippen LogP contribution in [0.1, 0.15) is 34.1 Å². The molecule has 0 spiro atoms. The summed E-state index contributed by atoms with van der Waals surface area (Å²) in [4.78, 5) is 0. The zero-order valence-corrected chi connectivity index (χ0v) is 17.2. The first-order chi connectivity index (χ1) is 12.1. The van der Waals surface area contributed by atoms with E-state index in [-0.39, 0.29) is 5.92 Å². The highest BCUT2D eigenvalue weighted by Crippen LogP contribution is 2.36. The number of alkyl halides is 1. The van der Waals surface area contributed by atoms with E-state index in [0.29, 0.717) is 6.42 Å². The molecule has 0 aromatic heterocycles. The molecule has 9 atom stereocenters. The zero-order valence-electron chi connectivity index (χ0n) is 15.5. The van der Waals surface area contributed by atoms with E-state index in [9.17, 15) is 23.9 Å². The lowest BCUT2D eigenvalue weighted by Crippen LogP contribution is -2.64. The van der Waals surface area contributed by atoms with Gasteiger partial charge in [-0.3, -0.25) is 0 Å². The van der Waals surface area contributed by atoms with E-state index in [1.165, 1.54) is 0 Å². The Hall–Kier alpha value is -0.0300. The van der Waals surface area contributed by atoms with Crippen LogP contribution in [0.4, 0.5) is 4.39 Å². The molecule has 0 saturated carbocycles. The third kappa shape index (κ3) is 5.06. The summed E-state index contributed by atoms with van der Waals surface area (Å²) in [5.74, 6) is -0.188. The number of fused-ring (bicyclic) bond motifs is 2. The van der Waals surface area contributed by atoms with Gasteiger partial charge in [0, 0.05) is 5.25 Å². The van der Waals surface area contributed by atoms with Crippen LogP contribution in [0.5, 0.6) is 0 Å². The molecule has 9 heteroatoms. The maximum atomic E-state index is 13.3. The molecule has 0 aromatic carbocycles. The fourth-order valence-electron chi connectivity index (χ4n) is 2.97. The first kappa shape index (κ1) is 22.3. The lowest BCUT2D eigenvalue weighted by Gasteiger charge is -2.45. The third-order valence-corrected chi connectivity index (χ3v) is 7.62. The monoisotopic (exact) mass is 411 g/mol. The Morgan fingerprint density at radius 3 is 2.50 bits per heavy atom. The Bertz CT molecular complexity index is 530. The van der Waals surface area contributed by atoms with Crippen molar-refractivity contribution in [3.63, 3.8) is 0 Å². The second-order valence-electron chi connectivity index (χ2n) is 7.90. The third-order valence-electron chi connectivity index (χ3n) is 4.66. The van der Waals surface area contributed by atoms with E-state index in [0.717, 1.165) is 11.8 Å². The summed E-state index contributed by atoms with van der Waals surface area (Å²) in [5.41, 5.74) is -0.870. The van der Waals surface area contributed by atoms with Crippen LogP contribution in [0, 0.1) is 5.92 Å². The van der Waals surface area contributed by atoms with Crippen LogP contribution in [-0.4, -0.2) is 72.1 Å². The molecule has 0 aliphatic carbocycles. The van der Waals surface area contributed by atoms with Gasteiger partial charge >= 0.3 is 0 Å². The highest BCUT2D eigenvalue weighted by molar-refractivity contribution is 8.00. The minimum Gasteiger partial charge on any atom is -0.388 e. The van der Waals surface area contributed by atoms with Gasteiger partial charge in [0.1, 0.15) is 36.5 Å². The van der Waals surface area contributed by atoms with E-state index in [1.54, 1.807) is 0 Å². The van der Waals surface area contributed by atoms with E-state index >= 15 is 0 Å². The number of thioether (sulfide) groups is 1. The summed E-state index contributed by atoms with van der Waals surface area (Å²) >= 11 is 1.11. The molecular weight excluding hydrogens is 381 g/mol. The molecule has 0 radical (unpaired) electrons. The van der Waals surface area contributed by atoms with Gasteiger partial charge in [0.15, 0.2) is 0 Å². The Labute approximate surface area is 161 Å². The highest BCUT2D eigenvalue weighted by Gasteiger charge is 2.49. The molecule has 2 rings (SSSR count). The SMILES string of the molecule is C[C@@H]1/C=C\C[C@@H](CF)S[C@H]2O[C@@H]([C@H](O)[C@H](O)[C@H]2O)[C@@H]1N[S@](=O)C(C)(C)C. The number of hydrogen-bond donors (Lipinski definition) is 4. The van der Waals surface area contributed by atoms with Crippen LogP contribution < -0.4 is 4.72 Å². The molecule has 0 amide bonds. The number of nitrogens with one attached hydrogen (secondary N) is 1. The minimum absolute atomic E-state index is 0.188. The largest absolute Gasteiger partial charge is 0.388 e. The fraction of sp³-hybridized carbons (Fsp3) is 0.882. The van der Waals surface area contributed by atoms with Gasteiger partial charge in [-0.25, -0.2) is 13.3 Å². The summed E-state index contributed by atoms with van der Waals surface area (Å²) in [6.07, 6.45) is -0.786. The molecule has 2 heterocycles. The van der Waals surface area contributed by atoms with Crippen LogP contribution in [-0.2, 0) is 15.7 Å². The van der Waals surface area contributed by atoms with Gasteiger partial charge in [-0.15, -0.1) is 11.8 Å². The predicted molar refractivity (Wildman–Crippen MR) is 102 cm³/mol.